The molecule has 1 amide bonds. The van der Waals surface area contributed by atoms with Crippen LogP contribution >= 0.6 is 23.4 Å². The number of aryl methyl sites for hydroxylation is 1. The molecule has 2 heterocycles. The molecule has 0 atom stereocenters. The van der Waals surface area contributed by atoms with Crippen LogP contribution in [-0.4, -0.2) is 44.4 Å². The summed E-state index contributed by atoms with van der Waals surface area (Å²) in [4.78, 5) is 25.8. The van der Waals surface area contributed by atoms with Crippen LogP contribution in [-0.2, 0) is 4.79 Å². The van der Waals surface area contributed by atoms with Crippen LogP contribution in [0.3, 0.4) is 0 Å². The van der Waals surface area contributed by atoms with Gasteiger partial charge >= 0.3 is 0 Å². The van der Waals surface area contributed by atoms with Gasteiger partial charge in [0, 0.05) is 24.2 Å². The number of amides is 1. The number of thioether (sulfide) groups is 1. The van der Waals surface area contributed by atoms with E-state index in [2.05, 4.69) is 20.4 Å². The summed E-state index contributed by atoms with van der Waals surface area (Å²) < 4.78 is 1.90. The topological polar surface area (TPSA) is 106 Å². The third-order valence-electron chi connectivity index (χ3n) is 5.58. The van der Waals surface area contributed by atoms with Gasteiger partial charge in [-0.3, -0.25) is 19.5 Å². The minimum absolute atomic E-state index is 0.0171. The fraction of sp³-hybridized carbons (Fsp3) is 0.318. The molecule has 1 fully saturated rings. The van der Waals surface area contributed by atoms with Crippen molar-refractivity contribution in [1.82, 2.24) is 14.8 Å². The molecule has 1 N–H and O–H groups in total. The molecule has 0 bridgehead atoms. The predicted molar refractivity (Wildman–Crippen MR) is 130 cm³/mol. The van der Waals surface area contributed by atoms with Gasteiger partial charge in [0.1, 0.15) is 5.69 Å². The summed E-state index contributed by atoms with van der Waals surface area (Å²) in [6.07, 6.45) is 2.17. The van der Waals surface area contributed by atoms with Crippen LogP contribution in [0.4, 0.5) is 17.3 Å². The summed E-state index contributed by atoms with van der Waals surface area (Å²) in [6.45, 7) is 5.38. The summed E-state index contributed by atoms with van der Waals surface area (Å²) in [5.74, 6) is 0.367. The zero-order valence-electron chi connectivity index (χ0n) is 18.2. The molecule has 2 aromatic carbocycles. The molecule has 3 aromatic rings. The maximum Gasteiger partial charge on any atom is 0.293 e. The number of rotatable bonds is 7. The van der Waals surface area contributed by atoms with Gasteiger partial charge < -0.3 is 10.2 Å². The number of hydrogen-bond acceptors (Lipinski definition) is 7. The Morgan fingerprint density at radius 1 is 1.21 bits per heavy atom. The standard InChI is InChI=1S/C22H23ClN6O3S/c1-14-8-9-18(29(31)32)20(15(14)2)24-19(30)13-33-22-26-25-21(27-10-3-4-11-27)28(22)17-7-5-6-16(23)12-17/h5-9,12H,3-4,10-11,13H2,1-2H3,(H,24,30). The first-order valence-electron chi connectivity index (χ1n) is 10.5. The van der Waals surface area contributed by atoms with Crippen LogP contribution in [0.2, 0.25) is 5.02 Å². The molecule has 172 valence electrons. The highest BCUT2D eigenvalue weighted by Gasteiger charge is 2.24. The van der Waals surface area contributed by atoms with E-state index in [0.717, 1.165) is 37.2 Å². The molecule has 33 heavy (non-hydrogen) atoms. The molecule has 0 saturated carbocycles. The first kappa shape index (κ1) is 23.1. The number of aromatic nitrogens is 3. The molecule has 1 saturated heterocycles. The molecular formula is C22H23ClN6O3S. The molecule has 1 aliphatic heterocycles. The second kappa shape index (κ2) is 9.80. The Kier molecular flexibility index (Phi) is 6.85. The van der Waals surface area contributed by atoms with Gasteiger partial charge in [-0.15, -0.1) is 10.2 Å². The second-order valence-electron chi connectivity index (χ2n) is 7.79. The highest BCUT2D eigenvalue weighted by molar-refractivity contribution is 7.99. The lowest BCUT2D eigenvalue weighted by molar-refractivity contribution is -0.384. The van der Waals surface area contributed by atoms with E-state index in [1.54, 1.807) is 19.1 Å². The van der Waals surface area contributed by atoms with Crippen molar-refractivity contribution in [3.63, 3.8) is 0 Å². The third-order valence-corrected chi connectivity index (χ3v) is 6.74. The molecule has 0 aliphatic carbocycles. The molecule has 1 aliphatic rings. The van der Waals surface area contributed by atoms with E-state index in [1.807, 2.05) is 29.7 Å². The van der Waals surface area contributed by atoms with Crippen LogP contribution in [0.15, 0.2) is 41.6 Å². The summed E-state index contributed by atoms with van der Waals surface area (Å²) in [6, 6.07) is 10.5. The lowest BCUT2D eigenvalue weighted by Crippen LogP contribution is -2.22. The summed E-state index contributed by atoms with van der Waals surface area (Å²) in [5, 5.41) is 24.0. The monoisotopic (exact) mass is 486 g/mol. The Bertz CT molecular complexity index is 1210. The second-order valence-corrected chi connectivity index (χ2v) is 9.17. The Morgan fingerprint density at radius 3 is 2.67 bits per heavy atom. The smallest absolute Gasteiger partial charge is 0.293 e. The van der Waals surface area contributed by atoms with Crippen LogP contribution in [0, 0.1) is 24.0 Å². The molecule has 0 spiro atoms. The van der Waals surface area contributed by atoms with Crippen molar-refractivity contribution in [3.05, 3.63) is 62.7 Å². The van der Waals surface area contributed by atoms with Crippen molar-refractivity contribution >= 4 is 46.6 Å². The number of carbonyl (C=O) groups excluding carboxylic acids is 1. The predicted octanol–water partition coefficient (Wildman–Crippen LogP) is 4.78. The van der Waals surface area contributed by atoms with E-state index in [0.29, 0.717) is 21.7 Å². The van der Waals surface area contributed by atoms with Crippen LogP contribution < -0.4 is 10.2 Å². The first-order valence-corrected chi connectivity index (χ1v) is 11.8. The van der Waals surface area contributed by atoms with Gasteiger partial charge in [0.2, 0.25) is 11.9 Å². The quantitative estimate of drug-likeness (QED) is 0.291. The minimum Gasteiger partial charge on any atom is -0.341 e. The maximum atomic E-state index is 12.7. The van der Waals surface area contributed by atoms with Gasteiger partial charge in [-0.05, 0) is 56.0 Å². The fourth-order valence-corrected chi connectivity index (χ4v) is 4.67. The van der Waals surface area contributed by atoms with Crippen molar-refractivity contribution < 1.29 is 9.72 Å². The van der Waals surface area contributed by atoms with Crippen LogP contribution in [0.25, 0.3) is 5.69 Å². The van der Waals surface area contributed by atoms with Crippen molar-refractivity contribution in [2.45, 2.75) is 31.8 Å². The van der Waals surface area contributed by atoms with E-state index in [4.69, 9.17) is 11.6 Å². The Labute approximate surface area is 200 Å². The summed E-state index contributed by atoms with van der Waals surface area (Å²) in [5.41, 5.74) is 2.43. The third kappa shape index (κ3) is 4.96. The van der Waals surface area contributed by atoms with Gasteiger partial charge in [0.05, 0.1) is 16.4 Å². The van der Waals surface area contributed by atoms with Crippen molar-refractivity contribution in [2.75, 3.05) is 29.1 Å². The molecule has 9 nitrogen and oxygen atoms in total. The van der Waals surface area contributed by atoms with Gasteiger partial charge in [0.25, 0.3) is 5.69 Å². The van der Waals surface area contributed by atoms with Crippen LogP contribution in [0.1, 0.15) is 24.0 Å². The Balaban J connectivity index is 1.57. The number of nitro groups is 1. The van der Waals surface area contributed by atoms with Gasteiger partial charge in [-0.25, -0.2) is 0 Å². The molecule has 0 radical (unpaired) electrons. The van der Waals surface area contributed by atoms with E-state index >= 15 is 0 Å². The van der Waals surface area contributed by atoms with Crippen molar-refractivity contribution in [1.29, 1.82) is 0 Å². The number of carbonyl (C=O) groups is 1. The Hall–Kier alpha value is -3.11. The molecular weight excluding hydrogens is 464 g/mol. The molecule has 0 unspecified atom stereocenters. The van der Waals surface area contributed by atoms with Crippen molar-refractivity contribution in [2.24, 2.45) is 0 Å². The average molecular weight is 487 g/mol. The number of nitrogens with one attached hydrogen (secondary N) is 1. The number of nitrogens with zero attached hydrogens (tertiary/aromatic N) is 5. The van der Waals surface area contributed by atoms with Crippen molar-refractivity contribution in [3.8, 4) is 5.69 Å². The number of nitro benzene ring substituents is 1. The normalized spacial score (nSPS) is 13.4. The number of anilines is 2. The number of halogens is 1. The highest BCUT2D eigenvalue weighted by Crippen LogP contribution is 2.32. The van der Waals surface area contributed by atoms with Gasteiger partial charge in [-0.2, -0.15) is 0 Å². The number of benzene rings is 2. The van der Waals surface area contributed by atoms with Gasteiger partial charge in [0.15, 0.2) is 5.16 Å². The van der Waals surface area contributed by atoms with Crippen LogP contribution in [0.5, 0.6) is 0 Å². The molecule has 4 rings (SSSR count). The zero-order chi connectivity index (χ0) is 23.5. The zero-order valence-corrected chi connectivity index (χ0v) is 19.8. The van der Waals surface area contributed by atoms with E-state index in [-0.39, 0.29) is 23.0 Å². The van der Waals surface area contributed by atoms with E-state index in [9.17, 15) is 14.9 Å². The Morgan fingerprint density at radius 2 is 1.97 bits per heavy atom. The largest absolute Gasteiger partial charge is 0.341 e. The molecule has 11 heteroatoms. The average Bonchev–Trinajstić information content (AvgIpc) is 3.45. The minimum atomic E-state index is -0.493. The van der Waals surface area contributed by atoms with E-state index in [1.165, 1.54) is 17.8 Å². The lowest BCUT2D eigenvalue weighted by Gasteiger charge is -2.18. The molecule has 1 aromatic heterocycles. The van der Waals surface area contributed by atoms with Gasteiger partial charge in [-0.1, -0.05) is 35.5 Å². The first-order chi connectivity index (χ1) is 15.8. The van der Waals surface area contributed by atoms with E-state index < -0.39 is 4.92 Å². The SMILES string of the molecule is Cc1ccc([N+](=O)[O-])c(NC(=O)CSc2nnc(N3CCCC3)n2-c2cccc(Cl)c2)c1C. The highest BCUT2D eigenvalue weighted by atomic mass is 35.5. The summed E-state index contributed by atoms with van der Waals surface area (Å²) in [7, 11) is 0. The fourth-order valence-electron chi connectivity index (χ4n) is 3.74. The summed E-state index contributed by atoms with van der Waals surface area (Å²) >= 11 is 7.43. The number of hydrogen-bond donors (Lipinski definition) is 1. The maximum absolute atomic E-state index is 12.7. The lowest BCUT2D eigenvalue weighted by atomic mass is 10.1.